The van der Waals surface area contributed by atoms with Crippen LogP contribution < -0.4 is 9.64 Å². The van der Waals surface area contributed by atoms with Crippen molar-refractivity contribution in [3.8, 4) is 5.75 Å². The van der Waals surface area contributed by atoms with Gasteiger partial charge >= 0.3 is 5.97 Å². The van der Waals surface area contributed by atoms with E-state index in [0.717, 1.165) is 10.7 Å². The van der Waals surface area contributed by atoms with Crippen molar-refractivity contribution in [1.82, 2.24) is 19.9 Å². The number of hydrogen-bond donors (Lipinski definition) is 0. The summed E-state index contributed by atoms with van der Waals surface area (Å²) >= 11 is 1.56. The number of aromatic nitrogens is 3. The van der Waals surface area contributed by atoms with Gasteiger partial charge in [-0.1, -0.05) is 6.07 Å². The van der Waals surface area contributed by atoms with E-state index in [2.05, 4.69) is 15.0 Å². The zero-order valence-electron chi connectivity index (χ0n) is 18.5. The molecule has 3 heterocycles. The molecule has 0 bridgehead atoms. The molecule has 1 unspecified atom stereocenters. The molecule has 3 aromatic rings. The predicted octanol–water partition coefficient (Wildman–Crippen LogP) is 2.71. The maximum Gasteiger partial charge on any atom is 0.339 e. The van der Waals surface area contributed by atoms with Crippen LogP contribution in [0, 0.1) is 6.92 Å². The van der Waals surface area contributed by atoms with Crippen LogP contribution in [-0.2, 0) is 16.1 Å². The number of benzene rings is 1. The van der Waals surface area contributed by atoms with Gasteiger partial charge in [0.15, 0.2) is 6.10 Å². The van der Waals surface area contributed by atoms with Crippen molar-refractivity contribution in [1.29, 1.82) is 0 Å². The summed E-state index contributed by atoms with van der Waals surface area (Å²) in [6, 6.07) is 8.49. The third-order valence-corrected chi connectivity index (χ3v) is 6.00. The average molecular weight is 468 g/mol. The number of anilines is 1. The standard InChI is InChI=1S/C23H25N5O4S/c1-16(21(29)27-9-11-28(12-10-27)23-24-7-4-8-25-23)32-22(30)18-5-3-6-20(13-18)31-14-19-15-33-17(2)26-19/h3-8,13,15-16H,9-12,14H2,1-2H3. The molecule has 33 heavy (non-hydrogen) atoms. The zero-order chi connectivity index (χ0) is 23.2. The maximum absolute atomic E-state index is 12.8. The number of amides is 1. The number of thiazole rings is 1. The first-order chi connectivity index (χ1) is 16.0. The highest BCUT2D eigenvalue weighted by atomic mass is 32.1. The topological polar surface area (TPSA) is 97.8 Å². The molecule has 10 heteroatoms. The molecule has 0 radical (unpaired) electrons. The van der Waals surface area contributed by atoms with Gasteiger partial charge in [0.25, 0.3) is 5.91 Å². The van der Waals surface area contributed by atoms with Gasteiger partial charge in [-0.3, -0.25) is 4.79 Å². The first kappa shape index (κ1) is 22.7. The second-order valence-corrected chi connectivity index (χ2v) is 8.65. The first-order valence-corrected chi connectivity index (χ1v) is 11.5. The Morgan fingerprint density at radius 2 is 1.88 bits per heavy atom. The van der Waals surface area contributed by atoms with E-state index < -0.39 is 12.1 Å². The van der Waals surface area contributed by atoms with Crippen molar-refractivity contribution < 1.29 is 19.1 Å². The SMILES string of the molecule is Cc1nc(COc2cccc(C(=O)OC(C)C(=O)N3CCN(c4ncccn4)CC3)c2)cs1. The van der Waals surface area contributed by atoms with E-state index in [9.17, 15) is 9.59 Å². The van der Waals surface area contributed by atoms with Crippen LogP contribution in [0.4, 0.5) is 5.95 Å². The van der Waals surface area contributed by atoms with Crippen molar-refractivity contribution in [2.24, 2.45) is 0 Å². The van der Waals surface area contributed by atoms with Crippen molar-refractivity contribution in [2.75, 3.05) is 31.1 Å². The van der Waals surface area contributed by atoms with Gasteiger partial charge in [0, 0.05) is 44.0 Å². The molecule has 1 aliphatic heterocycles. The van der Waals surface area contributed by atoms with Crippen molar-refractivity contribution in [3.05, 3.63) is 64.4 Å². The molecular formula is C23H25N5O4S. The van der Waals surface area contributed by atoms with Gasteiger partial charge in [-0.25, -0.2) is 19.7 Å². The smallest absolute Gasteiger partial charge is 0.339 e. The van der Waals surface area contributed by atoms with E-state index in [4.69, 9.17) is 9.47 Å². The number of aryl methyl sites for hydroxylation is 1. The van der Waals surface area contributed by atoms with Crippen LogP contribution in [-0.4, -0.2) is 64.0 Å². The number of rotatable bonds is 7. The van der Waals surface area contributed by atoms with Gasteiger partial charge in [0.1, 0.15) is 12.4 Å². The molecule has 172 valence electrons. The van der Waals surface area contributed by atoms with Crippen molar-refractivity contribution in [3.63, 3.8) is 0 Å². The minimum atomic E-state index is -0.889. The summed E-state index contributed by atoms with van der Waals surface area (Å²) in [4.78, 5) is 42.0. The van der Waals surface area contributed by atoms with Crippen LogP contribution in [0.2, 0.25) is 0 Å². The second kappa shape index (κ2) is 10.4. The second-order valence-electron chi connectivity index (χ2n) is 7.58. The van der Waals surface area contributed by atoms with Crippen LogP contribution >= 0.6 is 11.3 Å². The fraction of sp³-hybridized carbons (Fsp3) is 0.348. The minimum absolute atomic E-state index is 0.219. The predicted molar refractivity (Wildman–Crippen MR) is 123 cm³/mol. The summed E-state index contributed by atoms with van der Waals surface area (Å²) in [5, 5.41) is 2.91. The lowest BCUT2D eigenvalue weighted by molar-refractivity contribution is -0.140. The van der Waals surface area contributed by atoms with Crippen molar-refractivity contribution in [2.45, 2.75) is 26.6 Å². The van der Waals surface area contributed by atoms with Crippen LogP contribution in [0.25, 0.3) is 0 Å². The maximum atomic E-state index is 12.8. The molecule has 1 aliphatic rings. The largest absolute Gasteiger partial charge is 0.487 e. The van der Waals surface area contributed by atoms with Gasteiger partial charge in [-0.15, -0.1) is 11.3 Å². The van der Waals surface area contributed by atoms with Crippen LogP contribution in [0.3, 0.4) is 0 Å². The van der Waals surface area contributed by atoms with Gasteiger partial charge in [-0.2, -0.15) is 0 Å². The molecule has 2 aromatic heterocycles. The molecule has 0 aliphatic carbocycles. The lowest BCUT2D eigenvalue weighted by atomic mass is 10.2. The Balaban J connectivity index is 1.28. The van der Waals surface area contributed by atoms with E-state index in [-0.39, 0.29) is 5.91 Å². The number of carbonyl (C=O) groups is 2. The summed E-state index contributed by atoms with van der Waals surface area (Å²) in [6.07, 6.45) is 2.50. The van der Waals surface area contributed by atoms with Crippen LogP contribution in [0.15, 0.2) is 48.1 Å². The lowest BCUT2D eigenvalue weighted by Crippen LogP contribution is -2.52. The minimum Gasteiger partial charge on any atom is -0.487 e. The van der Waals surface area contributed by atoms with Gasteiger partial charge < -0.3 is 19.3 Å². The Morgan fingerprint density at radius 1 is 1.12 bits per heavy atom. The van der Waals surface area contributed by atoms with E-state index in [1.807, 2.05) is 17.2 Å². The summed E-state index contributed by atoms with van der Waals surface area (Å²) in [5.74, 6) is 0.398. The van der Waals surface area contributed by atoms with E-state index in [0.29, 0.717) is 50.0 Å². The monoisotopic (exact) mass is 467 g/mol. The Hall–Kier alpha value is -3.53. The normalized spacial score (nSPS) is 14.6. The Morgan fingerprint density at radius 3 is 2.58 bits per heavy atom. The molecule has 1 amide bonds. The number of piperazine rings is 1. The van der Waals surface area contributed by atoms with E-state index in [1.165, 1.54) is 0 Å². The zero-order valence-corrected chi connectivity index (χ0v) is 19.3. The van der Waals surface area contributed by atoms with Gasteiger partial charge in [0.05, 0.1) is 16.3 Å². The number of ether oxygens (including phenoxy) is 2. The highest BCUT2D eigenvalue weighted by molar-refractivity contribution is 7.09. The molecule has 1 fully saturated rings. The van der Waals surface area contributed by atoms with Crippen LogP contribution in [0.1, 0.15) is 28.0 Å². The molecule has 1 atom stereocenters. The number of hydrogen-bond acceptors (Lipinski definition) is 9. The van der Waals surface area contributed by atoms with Gasteiger partial charge in [-0.05, 0) is 38.1 Å². The summed E-state index contributed by atoms with van der Waals surface area (Å²) in [6.45, 7) is 6.11. The Labute approximate surface area is 196 Å². The third kappa shape index (κ3) is 5.83. The summed E-state index contributed by atoms with van der Waals surface area (Å²) < 4.78 is 11.2. The lowest BCUT2D eigenvalue weighted by Gasteiger charge is -2.35. The summed E-state index contributed by atoms with van der Waals surface area (Å²) in [7, 11) is 0. The molecule has 0 saturated carbocycles. The molecule has 4 rings (SSSR count). The number of nitrogens with zero attached hydrogens (tertiary/aromatic N) is 5. The van der Waals surface area contributed by atoms with Crippen LogP contribution in [0.5, 0.6) is 5.75 Å². The molecule has 0 spiro atoms. The quantitative estimate of drug-likeness (QED) is 0.489. The molecule has 9 nitrogen and oxygen atoms in total. The highest BCUT2D eigenvalue weighted by Gasteiger charge is 2.28. The summed E-state index contributed by atoms with van der Waals surface area (Å²) in [5.41, 5.74) is 1.16. The average Bonchev–Trinajstić information content (AvgIpc) is 3.28. The van der Waals surface area contributed by atoms with Gasteiger partial charge in [0.2, 0.25) is 5.95 Å². The highest BCUT2D eigenvalue weighted by Crippen LogP contribution is 2.18. The third-order valence-electron chi connectivity index (χ3n) is 5.18. The van der Waals surface area contributed by atoms with E-state index >= 15 is 0 Å². The Bertz CT molecular complexity index is 1100. The fourth-order valence-corrected chi connectivity index (χ4v) is 4.06. The molecule has 1 aromatic carbocycles. The molecule has 1 saturated heterocycles. The van der Waals surface area contributed by atoms with Crippen molar-refractivity contribution >= 4 is 29.2 Å². The van der Waals surface area contributed by atoms with E-state index in [1.54, 1.807) is 65.9 Å². The number of carbonyl (C=O) groups excluding carboxylic acids is 2. The first-order valence-electron chi connectivity index (χ1n) is 10.6. The molecule has 0 N–H and O–H groups in total. The Kier molecular flexibility index (Phi) is 7.13. The number of esters is 1. The molecular weight excluding hydrogens is 442 g/mol. The fourth-order valence-electron chi connectivity index (χ4n) is 3.46.